The molecule has 1 aromatic heterocycles. The van der Waals surface area contributed by atoms with E-state index in [0.29, 0.717) is 41.8 Å². The van der Waals surface area contributed by atoms with Crippen LogP contribution >= 0.6 is 0 Å². The number of hydrogen-bond acceptors (Lipinski definition) is 4. The summed E-state index contributed by atoms with van der Waals surface area (Å²) in [6.45, 7) is 2.67. The summed E-state index contributed by atoms with van der Waals surface area (Å²) in [4.78, 5) is 40.4. The Morgan fingerprint density at radius 1 is 1.06 bits per heavy atom. The maximum Gasteiger partial charge on any atom is 0.261 e. The predicted molar refractivity (Wildman–Crippen MR) is 126 cm³/mol. The molecule has 0 bridgehead atoms. The molecule has 0 radical (unpaired) electrons. The number of halogens is 1. The van der Waals surface area contributed by atoms with Crippen molar-refractivity contribution in [3.8, 4) is 11.3 Å². The van der Waals surface area contributed by atoms with E-state index in [4.69, 9.17) is 0 Å². The normalized spacial score (nSPS) is 12.9. The summed E-state index contributed by atoms with van der Waals surface area (Å²) in [5, 5.41) is 7.20. The maximum atomic E-state index is 13.4. The van der Waals surface area contributed by atoms with Gasteiger partial charge in [0.25, 0.3) is 11.8 Å². The van der Waals surface area contributed by atoms with Crippen molar-refractivity contribution in [2.75, 3.05) is 20.1 Å². The molecular weight excluding hydrogens is 435 g/mol. The second-order valence-electron chi connectivity index (χ2n) is 8.62. The van der Waals surface area contributed by atoms with E-state index in [2.05, 4.69) is 10.2 Å². The zero-order valence-electron chi connectivity index (χ0n) is 19.3. The smallest absolute Gasteiger partial charge is 0.261 e. The van der Waals surface area contributed by atoms with Crippen molar-refractivity contribution in [3.63, 3.8) is 0 Å². The summed E-state index contributed by atoms with van der Waals surface area (Å²) in [6.07, 6.45) is 2.13. The van der Waals surface area contributed by atoms with Crippen molar-refractivity contribution in [2.45, 2.75) is 32.6 Å². The molecule has 1 N–H and O–H groups in total. The number of aryl methyl sites for hydroxylation is 2. The van der Waals surface area contributed by atoms with E-state index < -0.39 is 0 Å². The standard InChI is InChI=1S/C26H27FN4O3/c1-17-10-11-21-22(14-17)26(34)31(25(21)33)13-5-9-24(32)30(2)12-4-8-20-16-23(29-28-20)18-6-3-7-19(27)15-18/h3,6-7,10-11,14-16H,4-5,8-9,12-13H2,1-2H3,(H,28,29). The minimum atomic E-state index is -0.305. The zero-order valence-corrected chi connectivity index (χ0v) is 19.3. The Labute approximate surface area is 197 Å². The number of nitrogens with zero attached hydrogens (tertiary/aromatic N) is 3. The van der Waals surface area contributed by atoms with Gasteiger partial charge in [-0.3, -0.25) is 24.4 Å². The number of carbonyl (C=O) groups is 3. The Balaban J connectivity index is 1.20. The van der Waals surface area contributed by atoms with Gasteiger partial charge in [0, 0.05) is 37.8 Å². The number of aromatic nitrogens is 2. The van der Waals surface area contributed by atoms with Crippen molar-refractivity contribution in [2.24, 2.45) is 0 Å². The van der Waals surface area contributed by atoms with Gasteiger partial charge in [-0.25, -0.2) is 4.39 Å². The lowest BCUT2D eigenvalue weighted by Crippen LogP contribution is -2.32. The van der Waals surface area contributed by atoms with Crippen molar-refractivity contribution in [1.29, 1.82) is 0 Å². The van der Waals surface area contributed by atoms with Crippen molar-refractivity contribution in [1.82, 2.24) is 20.0 Å². The number of aromatic amines is 1. The molecule has 0 fully saturated rings. The van der Waals surface area contributed by atoms with Crippen molar-refractivity contribution < 1.29 is 18.8 Å². The quantitative estimate of drug-likeness (QED) is 0.487. The maximum absolute atomic E-state index is 13.4. The topological polar surface area (TPSA) is 86.4 Å². The number of H-pyrrole nitrogens is 1. The summed E-state index contributed by atoms with van der Waals surface area (Å²) in [7, 11) is 1.75. The van der Waals surface area contributed by atoms with Crippen LogP contribution in [0.4, 0.5) is 4.39 Å². The molecule has 8 heteroatoms. The average molecular weight is 463 g/mol. The van der Waals surface area contributed by atoms with Gasteiger partial charge in [0.2, 0.25) is 5.91 Å². The van der Waals surface area contributed by atoms with Gasteiger partial charge < -0.3 is 4.90 Å². The van der Waals surface area contributed by atoms with Crippen LogP contribution in [0.3, 0.4) is 0 Å². The molecule has 4 rings (SSSR count). The molecule has 34 heavy (non-hydrogen) atoms. The predicted octanol–water partition coefficient (Wildman–Crippen LogP) is 3.99. The molecule has 1 aliphatic rings. The van der Waals surface area contributed by atoms with Gasteiger partial charge in [-0.1, -0.05) is 23.8 Å². The van der Waals surface area contributed by atoms with E-state index in [1.54, 1.807) is 36.2 Å². The number of hydrogen-bond donors (Lipinski definition) is 1. The molecule has 3 aromatic rings. The molecule has 2 aromatic carbocycles. The van der Waals surface area contributed by atoms with Crippen LogP contribution in [0.25, 0.3) is 11.3 Å². The molecule has 0 spiro atoms. The summed E-state index contributed by atoms with van der Waals surface area (Å²) in [6, 6.07) is 13.4. The lowest BCUT2D eigenvalue weighted by molar-refractivity contribution is -0.130. The number of benzene rings is 2. The van der Waals surface area contributed by atoms with E-state index in [1.807, 2.05) is 19.1 Å². The molecule has 0 saturated carbocycles. The second kappa shape index (κ2) is 9.99. The number of nitrogens with one attached hydrogen (secondary N) is 1. The van der Waals surface area contributed by atoms with Crippen molar-refractivity contribution in [3.05, 3.63) is 76.7 Å². The molecule has 2 heterocycles. The summed E-state index contributed by atoms with van der Waals surface area (Å²) < 4.78 is 13.4. The summed E-state index contributed by atoms with van der Waals surface area (Å²) in [5.41, 5.74) is 4.11. The second-order valence-corrected chi connectivity index (χ2v) is 8.62. The summed E-state index contributed by atoms with van der Waals surface area (Å²) >= 11 is 0. The van der Waals surface area contributed by atoms with Crippen LogP contribution in [0.15, 0.2) is 48.5 Å². The molecule has 0 atom stereocenters. The van der Waals surface area contributed by atoms with Crippen LogP contribution in [-0.4, -0.2) is 57.9 Å². The minimum absolute atomic E-state index is 0.0301. The third-order valence-corrected chi connectivity index (χ3v) is 6.02. The lowest BCUT2D eigenvalue weighted by atomic mass is 10.1. The number of carbonyl (C=O) groups excluding carboxylic acids is 3. The first kappa shape index (κ1) is 23.4. The first-order valence-electron chi connectivity index (χ1n) is 11.3. The molecule has 176 valence electrons. The van der Waals surface area contributed by atoms with Crippen LogP contribution < -0.4 is 0 Å². The highest BCUT2D eigenvalue weighted by Gasteiger charge is 2.35. The van der Waals surface area contributed by atoms with E-state index in [0.717, 1.165) is 17.7 Å². The molecule has 0 saturated heterocycles. The number of fused-ring (bicyclic) bond motifs is 1. The van der Waals surface area contributed by atoms with Crippen LogP contribution in [0.2, 0.25) is 0 Å². The van der Waals surface area contributed by atoms with Gasteiger partial charge in [-0.05, 0) is 56.5 Å². The Bertz CT molecular complexity index is 1240. The third-order valence-electron chi connectivity index (χ3n) is 6.02. The fraction of sp³-hybridized carbons (Fsp3) is 0.308. The highest BCUT2D eigenvalue weighted by molar-refractivity contribution is 6.21. The van der Waals surface area contributed by atoms with Gasteiger partial charge in [-0.15, -0.1) is 0 Å². The molecular formula is C26H27FN4O3. The number of amides is 3. The molecule has 7 nitrogen and oxygen atoms in total. The zero-order chi connectivity index (χ0) is 24.2. The SMILES string of the molecule is Cc1ccc2c(c1)C(=O)N(CCCC(=O)N(C)CCCc1cc(-c3cccc(F)c3)n[nH]1)C2=O. The Morgan fingerprint density at radius 3 is 2.65 bits per heavy atom. The Morgan fingerprint density at radius 2 is 1.85 bits per heavy atom. The Hall–Kier alpha value is -3.81. The first-order chi connectivity index (χ1) is 16.3. The average Bonchev–Trinajstić information content (AvgIpc) is 3.37. The van der Waals surface area contributed by atoms with Gasteiger partial charge >= 0.3 is 0 Å². The van der Waals surface area contributed by atoms with E-state index in [9.17, 15) is 18.8 Å². The fourth-order valence-corrected chi connectivity index (χ4v) is 4.10. The lowest BCUT2D eigenvalue weighted by Gasteiger charge is -2.18. The molecule has 1 aliphatic heterocycles. The van der Waals surface area contributed by atoms with Crippen LogP contribution in [-0.2, 0) is 11.2 Å². The van der Waals surface area contributed by atoms with E-state index in [1.165, 1.54) is 17.0 Å². The molecule has 0 aliphatic carbocycles. The number of rotatable bonds is 9. The Kier molecular flexibility index (Phi) is 6.86. The van der Waals surface area contributed by atoms with E-state index in [-0.39, 0.29) is 36.5 Å². The molecule has 0 unspecified atom stereocenters. The first-order valence-corrected chi connectivity index (χ1v) is 11.3. The van der Waals surface area contributed by atoms with Gasteiger partial charge in [0.05, 0.1) is 16.8 Å². The summed E-state index contributed by atoms with van der Waals surface area (Å²) in [5.74, 6) is -0.919. The van der Waals surface area contributed by atoms with E-state index >= 15 is 0 Å². The largest absolute Gasteiger partial charge is 0.346 e. The van der Waals surface area contributed by atoms with Gasteiger partial charge in [0.15, 0.2) is 0 Å². The van der Waals surface area contributed by atoms with Crippen LogP contribution in [0.1, 0.15) is 51.2 Å². The highest BCUT2D eigenvalue weighted by Crippen LogP contribution is 2.24. The number of imide groups is 1. The highest BCUT2D eigenvalue weighted by atomic mass is 19.1. The minimum Gasteiger partial charge on any atom is -0.346 e. The van der Waals surface area contributed by atoms with Crippen molar-refractivity contribution >= 4 is 17.7 Å². The third kappa shape index (κ3) is 5.06. The monoisotopic (exact) mass is 462 g/mol. The molecule has 3 amide bonds. The fourth-order valence-electron chi connectivity index (χ4n) is 4.10. The van der Waals surface area contributed by atoms with Gasteiger partial charge in [0.1, 0.15) is 5.82 Å². The van der Waals surface area contributed by atoms with Crippen LogP contribution in [0.5, 0.6) is 0 Å². The van der Waals surface area contributed by atoms with Crippen LogP contribution in [0, 0.1) is 12.7 Å². The van der Waals surface area contributed by atoms with Gasteiger partial charge in [-0.2, -0.15) is 5.10 Å².